The van der Waals surface area contributed by atoms with Crippen molar-refractivity contribution in [3.05, 3.63) is 58.6 Å². The van der Waals surface area contributed by atoms with Gasteiger partial charge in [0.1, 0.15) is 5.01 Å². The molecule has 0 spiro atoms. The van der Waals surface area contributed by atoms with E-state index in [1.54, 1.807) is 0 Å². The Kier molecular flexibility index (Phi) is 6.15. The highest BCUT2D eigenvalue weighted by molar-refractivity contribution is 7.13. The molecule has 0 saturated carbocycles. The van der Waals surface area contributed by atoms with Crippen molar-refractivity contribution in [1.29, 1.82) is 0 Å². The molecule has 31 heavy (non-hydrogen) atoms. The lowest BCUT2D eigenvalue weighted by Crippen LogP contribution is -2.19. The van der Waals surface area contributed by atoms with Crippen molar-refractivity contribution in [2.45, 2.75) is 33.3 Å². The number of carbonyl (C=O) groups is 1. The van der Waals surface area contributed by atoms with Crippen LogP contribution in [0, 0.1) is 6.92 Å². The van der Waals surface area contributed by atoms with Crippen molar-refractivity contribution in [3.63, 3.8) is 0 Å². The van der Waals surface area contributed by atoms with Crippen molar-refractivity contribution in [2.24, 2.45) is 4.99 Å². The number of thiazole rings is 1. The summed E-state index contributed by atoms with van der Waals surface area (Å²) in [5, 5.41) is 15.0. The minimum atomic E-state index is -0.0753. The summed E-state index contributed by atoms with van der Waals surface area (Å²) in [7, 11) is 2.08. The van der Waals surface area contributed by atoms with Crippen LogP contribution in [0.25, 0.3) is 10.6 Å². The Bertz CT molecular complexity index is 1150. The van der Waals surface area contributed by atoms with Gasteiger partial charge in [-0.2, -0.15) is 0 Å². The number of aliphatic hydroxyl groups excluding tert-OH is 1. The van der Waals surface area contributed by atoms with Crippen molar-refractivity contribution in [2.75, 3.05) is 23.8 Å². The molecule has 3 aromatic rings. The average Bonchev–Trinajstić information content (AvgIpc) is 3.18. The molecular weight excluding hydrogens is 408 g/mol. The number of anilines is 2. The summed E-state index contributed by atoms with van der Waals surface area (Å²) in [6, 6.07) is 12.0. The number of nitrogens with one attached hydrogen (secondary N) is 1. The summed E-state index contributed by atoms with van der Waals surface area (Å²) in [5.74, 6) is -0.0752. The molecule has 1 aliphatic heterocycles. The third-order valence-corrected chi connectivity index (χ3v) is 6.24. The number of fused-ring (bicyclic) bond motifs is 1. The second-order valence-corrected chi connectivity index (χ2v) is 8.60. The summed E-state index contributed by atoms with van der Waals surface area (Å²) >= 11 is 1.49. The average molecular weight is 435 g/mol. The van der Waals surface area contributed by atoms with Crippen molar-refractivity contribution in [1.82, 2.24) is 4.98 Å². The smallest absolute Gasteiger partial charge is 0.230 e. The van der Waals surface area contributed by atoms with Gasteiger partial charge >= 0.3 is 0 Å². The van der Waals surface area contributed by atoms with Crippen molar-refractivity contribution < 1.29 is 9.90 Å². The number of benzene rings is 2. The molecule has 1 amide bonds. The number of aryl methyl sites for hydroxylation is 1. The Balaban J connectivity index is 1.76. The standard InChI is InChI=1S/C24H26N4O2S/c1-4-8-28(3)22-11-21-20(9-15(22)2)27-23(30)12-19(26-21)16-6-5-7-17(10-16)24-25-18(13-29)14-31-24/h5-7,9-11,14,29H,4,8,12-13H2,1-3H3,(H,27,30). The van der Waals surface area contributed by atoms with Crippen LogP contribution < -0.4 is 10.2 Å². The van der Waals surface area contributed by atoms with E-state index in [1.807, 2.05) is 35.7 Å². The maximum atomic E-state index is 12.6. The van der Waals surface area contributed by atoms with Gasteiger partial charge < -0.3 is 15.3 Å². The largest absolute Gasteiger partial charge is 0.390 e. The van der Waals surface area contributed by atoms with Crippen LogP contribution in [0.2, 0.25) is 0 Å². The maximum Gasteiger partial charge on any atom is 0.230 e. The van der Waals surface area contributed by atoms with Crippen molar-refractivity contribution in [3.8, 4) is 10.6 Å². The molecule has 2 N–H and O–H groups in total. The molecule has 1 aromatic heterocycles. The van der Waals surface area contributed by atoms with Gasteiger partial charge in [0.15, 0.2) is 0 Å². The first-order valence-corrected chi connectivity index (χ1v) is 11.3. The number of amides is 1. The first-order valence-electron chi connectivity index (χ1n) is 10.4. The molecule has 0 fully saturated rings. The van der Waals surface area contributed by atoms with Crippen LogP contribution in [-0.2, 0) is 11.4 Å². The summed E-state index contributed by atoms with van der Waals surface area (Å²) in [5.41, 5.74) is 6.97. The van der Waals surface area contributed by atoms with Gasteiger partial charge in [0.2, 0.25) is 5.91 Å². The molecule has 0 unspecified atom stereocenters. The predicted octanol–water partition coefficient (Wildman–Crippen LogP) is 4.92. The Hall–Kier alpha value is -3.03. The van der Waals surface area contributed by atoms with Crippen LogP contribution in [0.15, 0.2) is 46.8 Å². The second kappa shape index (κ2) is 8.99. The van der Waals surface area contributed by atoms with E-state index in [0.29, 0.717) is 5.69 Å². The number of aliphatic hydroxyl groups is 1. The Morgan fingerprint density at radius 3 is 2.77 bits per heavy atom. The molecule has 0 aliphatic carbocycles. The SMILES string of the molecule is CCCN(C)c1cc2c(cc1C)NC(=O)CC(c1cccc(-c3nc(CO)cs3)c1)=N2. The molecule has 160 valence electrons. The van der Waals surface area contributed by atoms with E-state index in [4.69, 9.17) is 4.99 Å². The highest BCUT2D eigenvalue weighted by Gasteiger charge is 2.20. The topological polar surface area (TPSA) is 77.8 Å². The van der Waals surface area contributed by atoms with Crippen molar-refractivity contribution >= 4 is 40.0 Å². The van der Waals surface area contributed by atoms with Gasteiger partial charge in [-0.1, -0.05) is 25.1 Å². The Labute approximate surface area is 186 Å². The zero-order valence-corrected chi connectivity index (χ0v) is 18.8. The van der Waals surface area contributed by atoms with E-state index in [9.17, 15) is 9.90 Å². The molecule has 4 rings (SSSR count). The zero-order chi connectivity index (χ0) is 22.0. The molecule has 0 saturated heterocycles. The highest BCUT2D eigenvalue weighted by Crippen LogP contribution is 2.36. The van der Waals surface area contributed by atoms with Gasteiger partial charge in [0.25, 0.3) is 0 Å². The van der Waals surface area contributed by atoms with Crippen LogP contribution in [0.1, 0.15) is 36.6 Å². The molecule has 7 heteroatoms. The predicted molar refractivity (Wildman–Crippen MR) is 128 cm³/mol. The highest BCUT2D eigenvalue weighted by atomic mass is 32.1. The van der Waals surface area contributed by atoms with Crippen LogP contribution in [-0.4, -0.2) is 35.3 Å². The lowest BCUT2D eigenvalue weighted by atomic mass is 10.0. The first-order chi connectivity index (χ1) is 15.0. The lowest BCUT2D eigenvalue weighted by molar-refractivity contribution is -0.115. The van der Waals surface area contributed by atoms with Gasteiger partial charge in [-0.05, 0) is 42.7 Å². The first kappa shape index (κ1) is 21.2. The summed E-state index contributed by atoms with van der Waals surface area (Å²) in [4.78, 5) is 24.2. The molecule has 0 radical (unpaired) electrons. The normalized spacial score (nSPS) is 13.3. The number of aromatic nitrogens is 1. The lowest BCUT2D eigenvalue weighted by Gasteiger charge is -2.22. The molecule has 0 atom stereocenters. The quantitative estimate of drug-likeness (QED) is 0.577. The van der Waals surface area contributed by atoms with Gasteiger partial charge in [0, 0.05) is 30.2 Å². The summed E-state index contributed by atoms with van der Waals surface area (Å²) in [6.07, 6.45) is 1.26. The van der Waals surface area contributed by atoms with Gasteiger partial charge in [0.05, 0.1) is 35.8 Å². The van der Waals surface area contributed by atoms with Crippen LogP contribution >= 0.6 is 11.3 Å². The zero-order valence-electron chi connectivity index (χ0n) is 18.0. The number of aliphatic imine (C=N–C) groups is 1. The molecule has 0 bridgehead atoms. The summed E-state index contributed by atoms with van der Waals surface area (Å²) < 4.78 is 0. The number of hydrogen-bond acceptors (Lipinski definition) is 6. The third kappa shape index (κ3) is 4.52. The van der Waals surface area contributed by atoms with E-state index in [0.717, 1.165) is 57.4 Å². The number of hydrogen-bond donors (Lipinski definition) is 2. The molecule has 2 aromatic carbocycles. The van der Waals surface area contributed by atoms with E-state index in [-0.39, 0.29) is 18.9 Å². The fraction of sp³-hybridized carbons (Fsp3) is 0.292. The Morgan fingerprint density at radius 1 is 1.23 bits per heavy atom. The van der Waals surface area contributed by atoms with Crippen LogP contribution in [0.3, 0.4) is 0 Å². The fourth-order valence-electron chi connectivity index (χ4n) is 3.79. The number of carbonyl (C=O) groups excluding carboxylic acids is 1. The van der Waals surface area contributed by atoms with E-state index < -0.39 is 0 Å². The summed E-state index contributed by atoms with van der Waals surface area (Å²) in [6.45, 7) is 5.09. The van der Waals surface area contributed by atoms with Crippen LogP contribution in [0.5, 0.6) is 0 Å². The number of nitrogens with zero attached hydrogens (tertiary/aromatic N) is 3. The van der Waals surface area contributed by atoms with Crippen LogP contribution in [0.4, 0.5) is 17.1 Å². The molecule has 1 aliphatic rings. The molecule has 6 nitrogen and oxygen atoms in total. The maximum absolute atomic E-state index is 12.6. The van der Waals surface area contributed by atoms with Gasteiger partial charge in [-0.15, -0.1) is 11.3 Å². The second-order valence-electron chi connectivity index (χ2n) is 7.74. The van der Waals surface area contributed by atoms with Gasteiger partial charge in [-0.3, -0.25) is 9.79 Å². The van der Waals surface area contributed by atoms with E-state index >= 15 is 0 Å². The number of rotatable bonds is 6. The molecule has 2 heterocycles. The molecular formula is C24H26N4O2S. The van der Waals surface area contributed by atoms with E-state index in [1.165, 1.54) is 11.3 Å². The van der Waals surface area contributed by atoms with Gasteiger partial charge in [-0.25, -0.2) is 4.98 Å². The van der Waals surface area contributed by atoms with E-state index in [2.05, 4.69) is 42.2 Å². The Morgan fingerprint density at radius 2 is 2.03 bits per heavy atom. The minimum absolute atomic E-state index is 0.0752. The third-order valence-electron chi connectivity index (χ3n) is 5.30. The monoisotopic (exact) mass is 434 g/mol. The minimum Gasteiger partial charge on any atom is -0.390 e. The fourth-order valence-corrected chi connectivity index (χ4v) is 4.60.